The number of hydrogen-bond donors (Lipinski definition) is 3. The van der Waals surface area contributed by atoms with E-state index in [-0.39, 0.29) is 12.5 Å². The van der Waals surface area contributed by atoms with Crippen molar-refractivity contribution in [2.45, 2.75) is 32.9 Å². The highest BCUT2D eigenvalue weighted by molar-refractivity contribution is 6.45. The number of rotatable bonds is 21. The van der Waals surface area contributed by atoms with Gasteiger partial charge in [0.05, 0.1) is 93.9 Å². The van der Waals surface area contributed by atoms with Crippen LogP contribution in [0.3, 0.4) is 0 Å². The molecule has 2 aromatic heterocycles. The van der Waals surface area contributed by atoms with Crippen molar-refractivity contribution in [2.24, 2.45) is 5.73 Å². The van der Waals surface area contributed by atoms with Crippen LogP contribution in [-0.4, -0.2) is 125 Å². The third-order valence-corrected chi connectivity index (χ3v) is 8.01. The molecule has 4 N–H and O–H groups in total. The predicted octanol–water partition coefficient (Wildman–Crippen LogP) is 3.08. The van der Waals surface area contributed by atoms with E-state index in [0.29, 0.717) is 108 Å². The molecule has 3 heterocycles. The molecule has 1 amide bonds. The SMILES string of the molecule is CCC(=O)N1CCc2[nH]c3c(Cl)c(Cl)cc(-c4ccn(CC=O)n4)c3c2C1.CNCCOCCOCCOCCOCCOCCN. The van der Waals surface area contributed by atoms with Crippen molar-refractivity contribution in [3.8, 4) is 11.3 Å². The van der Waals surface area contributed by atoms with Crippen LogP contribution in [0.4, 0.5) is 0 Å². The van der Waals surface area contributed by atoms with E-state index in [4.69, 9.17) is 52.6 Å². The topological polar surface area (TPSA) is 155 Å². The fourth-order valence-corrected chi connectivity index (χ4v) is 5.30. The molecule has 262 valence electrons. The molecule has 0 fully saturated rings. The van der Waals surface area contributed by atoms with Crippen molar-refractivity contribution in [1.29, 1.82) is 0 Å². The molecule has 4 rings (SSSR count). The number of aldehydes is 1. The van der Waals surface area contributed by atoms with Gasteiger partial charge in [-0.15, -0.1) is 0 Å². The van der Waals surface area contributed by atoms with Crippen LogP contribution in [0.15, 0.2) is 18.3 Å². The summed E-state index contributed by atoms with van der Waals surface area (Å²) in [5, 5.41) is 9.32. The van der Waals surface area contributed by atoms with Crippen molar-refractivity contribution in [2.75, 3.05) is 92.8 Å². The highest BCUT2D eigenvalue weighted by Gasteiger charge is 2.27. The molecule has 0 aliphatic carbocycles. The van der Waals surface area contributed by atoms with E-state index < -0.39 is 0 Å². The van der Waals surface area contributed by atoms with E-state index in [2.05, 4.69) is 15.4 Å². The molecule has 1 aliphatic heterocycles. The minimum absolute atomic E-state index is 0.131. The van der Waals surface area contributed by atoms with Gasteiger partial charge in [-0.05, 0) is 19.2 Å². The standard InChI is InChI=1S/C19H18Cl2N4O2.C13H30N2O5/c1-2-16(27)24-5-3-14-12(10-24)17-11(9-13(20)18(21)19(17)22-14)15-4-6-25(23-15)7-8-26;1-15-3-5-17-7-9-19-11-13-20-12-10-18-8-6-16-4-2-14/h4,6,8-9,22H,2-3,5,7,10H2,1H3;15H,2-14H2,1H3. The molecule has 0 saturated carbocycles. The van der Waals surface area contributed by atoms with Gasteiger partial charge >= 0.3 is 0 Å². The first-order valence-corrected chi connectivity index (χ1v) is 16.7. The van der Waals surface area contributed by atoms with Gasteiger partial charge in [-0.2, -0.15) is 5.10 Å². The summed E-state index contributed by atoms with van der Waals surface area (Å²) in [5.41, 5.74) is 9.72. The molecule has 47 heavy (non-hydrogen) atoms. The second-order valence-corrected chi connectivity index (χ2v) is 11.3. The zero-order chi connectivity index (χ0) is 33.9. The molecular formula is C32H48Cl2N6O7. The summed E-state index contributed by atoms with van der Waals surface area (Å²) in [6.07, 6.45) is 3.77. The average molecular weight is 700 g/mol. The summed E-state index contributed by atoms with van der Waals surface area (Å²) < 4.78 is 28.0. The number of carbonyl (C=O) groups excluding carboxylic acids is 2. The molecule has 0 unspecified atom stereocenters. The van der Waals surface area contributed by atoms with E-state index in [1.165, 1.54) is 0 Å². The molecule has 1 aliphatic rings. The average Bonchev–Trinajstić information content (AvgIpc) is 3.71. The Kier molecular flexibility index (Phi) is 18.3. The number of nitrogens with zero attached hydrogens (tertiary/aromatic N) is 3. The van der Waals surface area contributed by atoms with E-state index in [9.17, 15) is 9.59 Å². The molecule has 1 aromatic carbocycles. The van der Waals surface area contributed by atoms with Gasteiger partial charge in [0, 0.05) is 67.4 Å². The monoisotopic (exact) mass is 698 g/mol. The number of nitrogens with one attached hydrogen (secondary N) is 2. The fourth-order valence-electron chi connectivity index (χ4n) is 4.90. The minimum atomic E-state index is 0.131. The number of H-pyrrole nitrogens is 1. The fraction of sp³-hybridized carbons (Fsp3) is 0.594. The van der Waals surface area contributed by atoms with Gasteiger partial charge < -0.3 is 49.4 Å². The molecular weight excluding hydrogens is 651 g/mol. The van der Waals surface area contributed by atoms with Crippen LogP contribution in [0.1, 0.15) is 24.6 Å². The summed E-state index contributed by atoms with van der Waals surface area (Å²) >= 11 is 12.8. The number of likely N-dealkylation sites (N-methyl/N-ethyl adjacent to an activating group) is 1. The third-order valence-electron chi connectivity index (χ3n) is 7.22. The van der Waals surface area contributed by atoms with Crippen LogP contribution >= 0.6 is 23.2 Å². The Morgan fingerprint density at radius 1 is 1.02 bits per heavy atom. The first-order chi connectivity index (χ1) is 22.9. The number of hydrogen-bond acceptors (Lipinski definition) is 10. The summed E-state index contributed by atoms with van der Waals surface area (Å²) in [7, 11) is 1.90. The quantitative estimate of drug-likeness (QED) is 0.112. The first kappa shape index (κ1) is 38.9. The normalized spacial score (nSPS) is 12.7. The van der Waals surface area contributed by atoms with Crippen molar-refractivity contribution < 1.29 is 33.3 Å². The number of aromatic amines is 1. The lowest BCUT2D eigenvalue weighted by Gasteiger charge is -2.27. The molecule has 3 aromatic rings. The van der Waals surface area contributed by atoms with Gasteiger partial charge in [0.1, 0.15) is 6.29 Å². The Labute approximate surface area is 286 Å². The van der Waals surface area contributed by atoms with Gasteiger partial charge in [0.25, 0.3) is 0 Å². The summed E-state index contributed by atoms with van der Waals surface area (Å²) in [6.45, 7) is 10.6. The molecule has 0 atom stereocenters. The Morgan fingerprint density at radius 3 is 2.21 bits per heavy atom. The summed E-state index contributed by atoms with van der Waals surface area (Å²) in [6, 6.07) is 3.65. The third kappa shape index (κ3) is 12.4. The number of amides is 1. The van der Waals surface area contributed by atoms with Crippen LogP contribution in [0.25, 0.3) is 22.2 Å². The number of fused-ring (bicyclic) bond motifs is 3. The first-order valence-electron chi connectivity index (χ1n) is 15.9. The predicted molar refractivity (Wildman–Crippen MR) is 182 cm³/mol. The van der Waals surface area contributed by atoms with Gasteiger partial charge in [-0.1, -0.05) is 30.1 Å². The highest BCUT2D eigenvalue weighted by atomic mass is 35.5. The summed E-state index contributed by atoms with van der Waals surface area (Å²) in [4.78, 5) is 28.2. The largest absolute Gasteiger partial charge is 0.378 e. The number of nitrogens with two attached hydrogens (primary N) is 1. The lowest BCUT2D eigenvalue weighted by atomic mass is 9.99. The van der Waals surface area contributed by atoms with Gasteiger partial charge in [0.15, 0.2) is 0 Å². The summed E-state index contributed by atoms with van der Waals surface area (Å²) in [5.74, 6) is 0.131. The molecule has 15 heteroatoms. The Hall–Kier alpha value is -2.59. The van der Waals surface area contributed by atoms with Gasteiger partial charge in [0.2, 0.25) is 5.91 Å². The molecule has 13 nitrogen and oxygen atoms in total. The van der Waals surface area contributed by atoms with Crippen LogP contribution < -0.4 is 11.1 Å². The molecule has 0 saturated heterocycles. The van der Waals surface area contributed by atoms with Crippen molar-refractivity contribution >= 4 is 46.3 Å². The van der Waals surface area contributed by atoms with Crippen LogP contribution in [0.5, 0.6) is 0 Å². The molecule has 0 radical (unpaired) electrons. The Balaban J connectivity index is 0.000000270. The zero-order valence-corrected chi connectivity index (χ0v) is 28.9. The number of carbonyl (C=O) groups is 2. The lowest BCUT2D eigenvalue weighted by Crippen LogP contribution is -2.35. The van der Waals surface area contributed by atoms with E-state index >= 15 is 0 Å². The number of aromatic nitrogens is 3. The van der Waals surface area contributed by atoms with E-state index in [1.807, 2.05) is 24.9 Å². The maximum absolute atomic E-state index is 12.2. The van der Waals surface area contributed by atoms with Crippen LogP contribution in [-0.2, 0) is 52.8 Å². The van der Waals surface area contributed by atoms with Crippen molar-refractivity contribution in [3.05, 3.63) is 39.6 Å². The van der Waals surface area contributed by atoms with Crippen molar-refractivity contribution in [3.63, 3.8) is 0 Å². The Bertz CT molecular complexity index is 1350. The number of ether oxygens (including phenoxy) is 5. The smallest absolute Gasteiger partial charge is 0.222 e. The molecule has 0 bridgehead atoms. The van der Waals surface area contributed by atoms with E-state index in [1.54, 1.807) is 16.9 Å². The van der Waals surface area contributed by atoms with Gasteiger partial charge in [-0.3, -0.25) is 9.48 Å². The zero-order valence-electron chi connectivity index (χ0n) is 27.4. The van der Waals surface area contributed by atoms with Crippen LogP contribution in [0.2, 0.25) is 10.0 Å². The van der Waals surface area contributed by atoms with E-state index in [0.717, 1.165) is 47.0 Å². The number of benzene rings is 1. The maximum Gasteiger partial charge on any atom is 0.222 e. The number of halogens is 2. The lowest BCUT2D eigenvalue weighted by molar-refractivity contribution is -0.131. The highest BCUT2D eigenvalue weighted by Crippen LogP contribution is 2.41. The molecule has 0 spiro atoms. The second kappa shape index (κ2) is 22.1. The Morgan fingerprint density at radius 2 is 1.64 bits per heavy atom. The maximum atomic E-state index is 12.2. The van der Waals surface area contributed by atoms with Crippen molar-refractivity contribution in [1.82, 2.24) is 25.0 Å². The second-order valence-electron chi connectivity index (χ2n) is 10.5. The van der Waals surface area contributed by atoms with Gasteiger partial charge in [-0.25, -0.2) is 0 Å². The van der Waals surface area contributed by atoms with Crippen LogP contribution in [0, 0.1) is 0 Å². The minimum Gasteiger partial charge on any atom is -0.378 e.